The van der Waals surface area contributed by atoms with E-state index in [-0.39, 0.29) is 10.5 Å². The molecule has 0 aliphatic rings. The Morgan fingerprint density at radius 3 is 2.50 bits per heavy atom. The number of pyridine rings is 1. The number of nitrogens with zero attached hydrogens (tertiary/aromatic N) is 1. The van der Waals surface area contributed by atoms with Crippen LogP contribution in [0.2, 0.25) is 0 Å². The van der Waals surface area contributed by atoms with Gasteiger partial charge in [-0.3, -0.25) is 4.98 Å². The molecule has 0 unspecified atom stereocenters. The first kappa shape index (κ1) is 15.9. The van der Waals surface area contributed by atoms with Crippen molar-refractivity contribution < 1.29 is 23.4 Å². The minimum absolute atomic E-state index is 0.123. The second kappa shape index (κ2) is 5.59. The maximum absolute atomic E-state index is 11.6. The van der Waals surface area contributed by atoms with Crippen molar-refractivity contribution in [1.29, 1.82) is 0 Å². The first-order valence-corrected chi connectivity index (χ1v) is 8.29. The number of primary sulfonamides is 1. The summed E-state index contributed by atoms with van der Waals surface area (Å²) >= 11 is 0. The van der Waals surface area contributed by atoms with Crippen molar-refractivity contribution in [2.75, 3.05) is 0 Å². The number of rotatable bonds is 3. The monoisotopic (exact) mass is 344 g/mol. The number of carboxylic acid groups (broad SMARTS) is 1. The van der Waals surface area contributed by atoms with Crippen molar-refractivity contribution in [2.45, 2.75) is 4.90 Å². The number of aromatic carboxylic acids is 1. The van der Waals surface area contributed by atoms with Gasteiger partial charge < -0.3 is 10.2 Å². The highest BCUT2D eigenvalue weighted by Crippen LogP contribution is 2.32. The Hall–Kier alpha value is -2.97. The first-order valence-electron chi connectivity index (χ1n) is 6.74. The number of aromatic hydroxyl groups is 1. The molecule has 122 valence electrons. The number of hydrogen-bond acceptors (Lipinski definition) is 5. The van der Waals surface area contributed by atoms with E-state index in [1.165, 1.54) is 42.7 Å². The van der Waals surface area contributed by atoms with E-state index in [9.17, 15) is 18.3 Å². The predicted molar refractivity (Wildman–Crippen MR) is 87.2 cm³/mol. The molecule has 1 aromatic heterocycles. The maximum Gasteiger partial charge on any atom is 0.335 e. The highest BCUT2D eigenvalue weighted by atomic mass is 32.2. The molecule has 0 aliphatic carbocycles. The van der Waals surface area contributed by atoms with Crippen LogP contribution in [-0.4, -0.2) is 29.6 Å². The molecular weight excluding hydrogens is 332 g/mol. The zero-order valence-corrected chi connectivity index (χ0v) is 13.0. The first-order chi connectivity index (χ1) is 11.3. The van der Waals surface area contributed by atoms with Gasteiger partial charge in [0.2, 0.25) is 10.0 Å². The molecule has 0 aliphatic heterocycles. The third kappa shape index (κ3) is 2.80. The van der Waals surface area contributed by atoms with E-state index in [1.54, 1.807) is 6.07 Å². The molecule has 0 radical (unpaired) electrons. The smallest absolute Gasteiger partial charge is 0.335 e. The highest BCUT2D eigenvalue weighted by Gasteiger charge is 2.16. The van der Waals surface area contributed by atoms with Gasteiger partial charge in [-0.1, -0.05) is 12.1 Å². The molecule has 0 saturated heterocycles. The summed E-state index contributed by atoms with van der Waals surface area (Å²) in [6.45, 7) is 0. The topological polar surface area (TPSA) is 131 Å². The van der Waals surface area contributed by atoms with E-state index in [0.717, 1.165) is 0 Å². The van der Waals surface area contributed by atoms with Gasteiger partial charge in [-0.15, -0.1) is 0 Å². The Bertz CT molecular complexity index is 1080. The number of phenolic OH excluding ortho intramolecular Hbond substituents is 1. The largest absolute Gasteiger partial charge is 0.507 e. The molecule has 3 aromatic rings. The molecular formula is C16H12N2O5S. The molecule has 0 saturated carbocycles. The summed E-state index contributed by atoms with van der Waals surface area (Å²) in [6, 6.07) is 8.58. The predicted octanol–water partition coefficient (Wildman–Crippen LogP) is 1.95. The number of aromatic nitrogens is 1. The van der Waals surface area contributed by atoms with Crippen molar-refractivity contribution in [2.24, 2.45) is 5.14 Å². The van der Waals surface area contributed by atoms with Gasteiger partial charge in [-0.05, 0) is 35.2 Å². The number of carboxylic acids is 1. The summed E-state index contributed by atoms with van der Waals surface area (Å²) in [5.41, 5.74) is 1.20. The van der Waals surface area contributed by atoms with Crippen LogP contribution in [0.15, 0.2) is 53.7 Å². The summed E-state index contributed by atoms with van der Waals surface area (Å²) in [5.74, 6) is -1.49. The van der Waals surface area contributed by atoms with Crippen LogP contribution in [0.25, 0.3) is 21.9 Å². The van der Waals surface area contributed by atoms with Crippen LogP contribution in [0.5, 0.6) is 5.75 Å². The zero-order valence-electron chi connectivity index (χ0n) is 12.2. The molecule has 8 heteroatoms. The van der Waals surface area contributed by atoms with Crippen molar-refractivity contribution in [3.63, 3.8) is 0 Å². The van der Waals surface area contributed by atoms with E-state index >= 15 is 0 Å². The Kier molecular flexibility index (Phi) is 3.70. The molecule has 0 atom stereocenters. The second-order valence-electron chi connectivity index (χ2n) is 5.16. The van der Waals surface area contributed by atoms with Gasteiger partial charge in [-0.25, -0.2) is 18.4 Å². The molecule has 0 amide bonds. The standard InChI is InChI=1S/C16H12N2O5S/c17-24(22,23)15-6-9(2-4-14(15)19)13-8-18-7-11-5-10(16(20)21)1-3-12(11)13/h1-8,19H,(H,20,21)(H2,17,22,23). The summed E-state index contributed by atoms with van der Waals surface area (Å²) in [5, 5.41) is 25.1. The number of carbonyl (C=O) groups is 1. The quantitative estimate of drug-likeness (QED) is 0.665. The van der Waals surface area contributed by atoms with Gasteiger partial charge in [0.1, 0.15) is 10.6 Å². The van der Waals surface area contributed by atoms with Crippen molar-refractivity contribution in [3.8, 4) is 16.9 Å². The Balaban J connectivity index is 2.25. The number of phenols is 1. The van der Waals surface area contributed by atoms with E-state index in [1.807, 2.05) is 0 Å². The van der Waals surface area contributed by atoms with Gasteiger partial charge in [0.05, 0.1) is 5.56 Å². The SMILES string of the molecule is NS(=O)(=O)c1cc(-c2cncc3cc(C(=O)O)ccc23)ccc1O. The third-order valence-electron chi connectivity index (χ3n) is 3.58. The van der Waals surface area contributed by atoms with Crippen LogP contribution < -0.4 is 5.14 Å². The van der Waals surface area contributed by atoms with Gasteiger partial charge in [0.15, 0.2) is 0 Å². The number of benzene rings is 2. The fourth-order valence-corrected chi connectivity index (χ4v) is 3.10. The Morgan fingerprint density at radius 1 is 1.08 bits per heavy atom. The van der Waals surface area contributed by atoms with E-state index in [2.05, 4.69) is 4.98 Å². The van der Waals surface area contributed by atoms with Crippen LogP contribution in [0.3, 0.4) is 0 Å². The van der Waals surface area contributed by atoms with Crippen molar-refractivity contribution >= 4 is 26.8 Å². The van der Waals surface area contributed by atoms with Crippen LogP contribution >= 0.6 is 0 Å². The second-order valence-corrected chi connectivity index (χ2v) is 6.69. The van der Waals surface area contributed by atoms with Crippen molar-refractivity contribution in [3.05, 3.63) is 54.4 Å². The fourth-order valence-electron chi connectivity index (χ4n) is 2.45. The molecule has 4 N–H and O–H groups in total. The van der Waals surface area contributed by atoms with Gasteiger partial charge in [0, 0.05) is 23.3 Å². The summed E-state index contributed by atoms with van der Waals surface area (Å²) in [7, 11) is -4.08. The summed E-state index contributed by atoms with van der Waals surface area (Å²) in [4.78, 5) is 14.7. The van der Waals surface area contributed by atoms with E-state index in [0.29, 0.717) is 21.9 Å². The lowest BCUT2D eigenvalue weighted by atomic mass is 9.99. The van der Waals surface area contributed by atoms with Gasteiger partial charge >= 0.3 is 5.97 Å². The van der Waals surface area contributed by atoms with Crippen LogP contribution in [0, 0.1) is 0 Å². The number of fused-ring (bicyclic) bond motifs is 1. The molecule has 2 aromatic carbocycles. The molecule has 1 heterocycles. The van der Waals surface area contributed by atoms with E-state index < -0.39 is 21.7 Å². The van der Waals surface area contributed by atoms with Gasteiger partial charge in [0.25, 0.3) is 0 Å². The number of nitrogens with two attached hydrogens (primary N) is 1. The lowest BCUT2D eigenvalue weighted by molar-refractivity contribution is 0.0697. The third-order valence-corrected chi connectivity index (χ3v) is 4.52. The Morgan fingerprint density at radius 2 is 1.83 bits per heavy atom. The lowest BCUT2D eigenvalue weighted by Crippen LogP contribution is -2.12. The average molecular weight is 344 g/mol. The summed E-state index contributed by atoms with van der Waals surface area (Å²) < 4.78 is 23.1. The van der Waals surface area contributed by atoms with Crippen LogP contribution in [-0.2, 0) is 10.0 Å². The van der Waals surface area contributed by atoms with E-state index in [4.69, 9.17) is 10.2 Å². The zero-order chi connectivity index (χ0) is 17.5. The van der Waals surface area contributed by atoms with Crippen LogP contribution in [0.1, 0.15) is 10.4 Å². The molecule has 7 nitrogen and oxygen atoms in total. The summed E-state index contributed by atoms with van der Waals surface area (Å²) in [6.07, 6.45) is 3.05. The average Bonchev–Trinajstić information content (AvgIpc) is 2.53. The lowest BCUT2D eigenvalue weighted by Gasteiger charge is -2.09. The maximum atomic E-state index is 11.6. The molecule has 0 bridgehead atoms. The van der Waals surface area contributed by atoms with Crippen LogP contribution in [0.4, 0.5) is 0 Å². The number of sulfonamides is 1. The Labute approximate surface area is 137 Å². The molecule has 3 rings (SSSR count). The highest BCUT2D eigenvalue weighted by molar-refractivity contribution is 7.89. The van der Waals surface area contributed by atoms with Crippen molar-refractivity contribution in [1.82, 2.24) is 4.98 Å². The molecule has 0 spiro atoms. The van der Waals surface area contributed by atoms with Gasteiger partial charge in [-0.2, -0.15) is 0 Å². The fraction of sp³-hybridized carbons (Fsp3) is 0. The molecule has 0 fully saturated rings. The minimum atomic E-state index is -4.08. The number of hydrogen-bond donors (Lipinski definition) is 3. The normalized spacial score (nSPS) is 11.5. The molecule has 24 heavy (non-hydrogen) atoms. The minimum Gasteiger partial charge on any atom is -0.507 e.